The van der Waals surface area contributed by atoms with Gasteiger partial charge in [0.05, 0.1) is 28.3 Å². The summed E-state index contributed by atoms with van der Waals surface area (Å²) >= 11 is 1.43. The van der Waals surface area contributed by atoms with E-state index in [9.17, 15) is 13.2 Å². The third-order valence-corrected chi connectivity index (χ3v) is 7.32. The Balaban J connectivity index is 1.87. The monoisotopic (exact) mass is 447 g/mol. The number of fused-ring (bicyclic) bond motifs is 1. The highest BCUT2D eigenvalue weighted by Crippen LogP contribution is 2.29. The molecule has 0 bridgehead atoms. The molecule has 0 aliphatic heterocycles. The lowest BCUT2D eigenvalue weighted by Gasteiger charge is -2.19. The molecule has 1 atom stereocenters. The van der Waals surface area contributed by atoms with Gasteiger partial charge < -0.3 is 4.74 Å². The second-order valence-corrected chi connectivity index (χ2v) is 9.59. The molecule has 2 aromatic carbocycles. The molecule has 9 heteroatoms. The summed E-state index contributed by atoms with van der Waals surface area (Å²) in [6.45, 7) is 4.41. The summed E-state index contributed by atoms with van der Waals surface area (Å²) in [4.78, 5) is 19.5. The van der Waals surface area contributed by atoms with Crippen LogP contribution in [-0.4, -0.2) is 45.6 Å². The highest BCUT2D eigenvalue weighted by Gasteiger charge is 2.22. The van der Waals surface area contributed by atoms with Crippen molar-refractivity contribution >= 4 is 42.6 Å². The first-order valence-corrected chi connectivity index (χ1v) is 11.9. The van der Waals surface area contributed by atoms with Gasteiger partial charge in [0.1, 0.15) is 0 Å². The molecular formula is C21H25N3O4S2. The van der Waals surface area contributed by atoms with E-state index in [-0.39, 0.29) is 16.8 Å². The third kappa shape index (κ3) is 5.04. The molecule has 1 unspecified atom stereocenters. The number of anilines is 1. The molecular weight excluding hydrogens is 422 g/mol. The van der Waals surface area contributed by atoms with Crippen LogP contribution < -0.4 is 9.62 Å². The van der Waals surface area contributed by atoms with Gasteiger partial charge in [-0.15, -0.1) is 0 Å². The van der Waals surface area contributed by atoms with Crippen molar-refractivity contribution < 1.29 is 17.9 Å². The lowest BCUT2D eigenvalue weighted by Crippen LogP contribution is -2.34. The molecule has 0 radical (unpaired) electrons. The van der Waals surface area contributed by atoms with Crippen LogP contribution in [0.25, 0.3) is 10.2 Å². The lowest BCUT2D eigenvalue weighted by atomic mass is 10.2. The topological polar surface area (TPSA) is 88.6 Å². The molecule has 7 nitrogen and oxygen atoms in total. The molecule has 1 heterocycles. The van der Waals surface area contributed by atoms with Crippen LogP contribution >= 0.6 is 11.3 Å². The molecule has 1 amide bonds. The summed E-state index contributed by atoms with van der Waals surface area (Å²) in [5.74, 6) is -0.259. The fourth-order valence-corrected chi connectivity index (χ4v) is 5.11. The Morgan fingerprint density at radius 1 is 1.20 bits per heavy atom. The van der Waals surface area contributed by atoms with Crippen molar-refractivity contribution in [2.24, 2.45) is 0 Å². The Hall–Kier alpha value is -2.33. The molecule has 3 aromatic rings. The number of sulfonamides is 1. The van der Waals surface area contributed by atoms with E-state index in [1.54, 1.807) is 18.9 Å². The van der Waals surface area contributed by atoms with Crippen molar-refractivity contribution in [2.45, 2.75) is 31.2 Å². The number of nitrogens with zero attached hydrogens (tertiary/aromatic N) is 2. The summed E-state index contributed by atoms with van der Waals surface area (Å²) in [5.41, 5.74) is 1.21. The van der Waals surface area contributed by atoms with E-state index in [0.717, 1.165) is 10.2 Å². The Labute approximate surface area is 180 Å². The van der Waals surface area contributed by atoms with Gasteiger partial charge in [-0.2, -0.15) is 0 Å². The van der Waals surface area contributed by atoms with E-state index < -0.39 is 10.0 Å². The summed E-state index contributed by atoms with van der Waals surface area (Å²) < 4.78 is 33.7. The fourth-order valence-electron chi connectivity index (χ4n) is 2.79. The van der Waals surface area contributed by atoms with Crippen molar-refractivity contribution in [3.63, 3.8) is 0 Å². The fraction of sp³-hybridized carbons (Fsp3) is 0.333. The maximum absolute atomic E-state index is 13.2. The van der Waals surface area contributed by atoms with Gasteiger partial charge in [0, 0.05) is 18.7 Å². The highest BCUT2D eigenvalue weighted by atomic mass is 32.2. The first-order valence-electron chi connectivity index (χ1n) is 9.64. The normalized spacial score (nSPS) is 12.8. The lowest BCUT2D eigenvalue weighted by molar-refractivity contribution is 0.0976. The van der Waals surface area contributed by atoms with Crippen molar-refractivity contribution in [2.75, 3.05) is 25.2 Å². The predicted octanol–water partition coefficient (Wildman–Crippen LogP) is 3.67. The molecule has 160 valence electrons. The van der Waals surface area contributed by atoms with Gasteiger partial charge in [-0.05, 0) is 49.7 Å². The average Bonchev–Trinajstić information content (AvgIpc) is 3.17. The molecule has 30 heavy (non-hydrogen) atoms. The number of hydrogen-bond donors (Lipinski definition) is 1. The minimum absolute atomic E-state index is 0.128. The van der Waals surface area contributed by atoms with Crippen LogP contribution in [0.15, 0.2) is 53.4 Å². The zero-order valence-electron chi connectivity index (χ0n) is 17.2. The van der Waals surface area contributed by atoms with Gasteiger partial charge in [0.25, 0.3) is 5.91 Å². The maximum Gasteiger partial charge on any atom is 0.260 e. The zero-order valence-corrected chi connectivity index (χ0v) is 18.8. The van der Waals surface area contributed by atoms with Crippen LogP contribution in [0.5, 0.6) is 0 Å². The van der Waals surface area contributed by atoms with E-state index >= 15 is 0 Å². The van der Waals surface area contributed by atoms with Crippen molar-refractivity contribution in [3.8, 4) is 0 Å². The van der Waals surface area contributed by atoms with Crippen molar-refractivity contribution in [3.05, 3.63) is 54.1 Å². The van der Waals surface area contributed by atoms with Gasteiger partial charge in [-0.3, -0.25) is 9.69 Å². The number of amides is 1. The maximum atomic E-state index is 13.2. The second kappa shape index (κ2) is 9.65. The number of carbonyl (C=O) groups is 1. The molecule has 0 fully saturated rings. The number of aromatic nitrogens is 1. The van der Waals surface area contributed by atoms with Gasteiger partial charge in [0.15, 0.2) is 5.13 Å². The smallest absolute Gasteiger partial charge is 0.260 e. The molecule has 0 aliphatic carbocycles. The molecule has 0 aliphatic rings. The number of hydrogen-bond acceptors (Lipinski definition) is 6. The van der Waals surface area contributed by atoms with Crippen molar-refractivity contribution in [1.82, 2.24) is 9.71 Å². The first-order chi connectivity index (χ1) is 14.4. The molecule has 1 aromatic heterocycles. The van der Waals surface area contributed by atoms with Gasteiger partial charge in [-0.1, -0.05) is 30.4 Å². The van der Waals surface area contributed by atoms with E-state index in [4.69, 9.17) is 4.74 Å². The van der Waals surface area contributed by atoms with Crippen LogP contribution in [0.3, 0.4) is 0 Å². The standard InChI is InChI=1S/C21H25N3O4S2/c1-4-15(2)23-30(26,27)17-11-9-16(10-12-17)20(25)24(13-14-28-3)21-22-18-7-5-6-8-19(18)29-21/h5-12,15,23H,4,13-14H2,1-3H3. The highest BCUT2D eigenvalue weighted by molar-refractivity contribution is 7.89. The van der Waals surface area contributed by atoms with Crippen LogP contribution in [0, 0.1) is 0 Å². The van der Waals surface area contributed by atoms with Crippen LogP contribution in [-0.2, 0) is 14.8 Å². The number of ether oxygens (including phenoxy) is 1. The van der Waals surface area contributed by atoms with E-state index in [1.807, 2.05) is 31.2 Å². The first kappa shape index (κ1) is 22.4. The van der Waals surface area contributed by atoms with Crippen LogP contribution in [0.2, 0.25) is 0 Å². The van der Waals surface area contributed by atoms with Gasteiger partial charge >= 0.3 is 0 Å². The predicted molar refractivity (Wildman–Crippen MR) is 120 cm³/mol. The second-order valence-electron chi connectivity index (χ2n) is 6.87. The molecule has 1 N–H and O–H groups in total. The molecule has 0 saturated carbocycles. The summed E-state index contributed by atoms with van der Waals surface area (Å²) in [5, 5.41) is 0.577. The van der Waals surface area contributed by atoms with Crippen LogP contribution in [0.4, 0.5) is 5.13 Å². The number of carbonyl (C=O) groups excluding carboxylic acids is 1. The number of nitrogens with one attached hydrogen (secondary N) is 1. The van der Waals surface area contributed by atoms with Crippen LogP contribution in [0.1, 0.15) is 30.6 Å². The van der Waals surface area contributed by atoms with Gasteiger partial charge in [0.2, 0.25) is 10.0 Å². The van der Waals surface area contributed by atoms with E-state index in [1.165, 1.54) is 35.6 Å². The Morgan fingerprint density at radius 2 is 1.90 bits per heavy atom. The summed E-state index contributed by atoms with van der Waals surface area (Å²) in [6.07, 6.45) is 0.687. The van der Waals surface area contributed by atoms with E-state index in [0.29, 0.717) is 30.3 Å². The van der Waals surface area contributed by atoms with Crippen molar-refractivity contribution in [1.29, 1.82) is 0 Å². The Bertz CT molecular complexity index is 1080. The Morgan fingerprint density at radius 3 is 2.53 bits per heavy atom. The molecule has 3 rings (SSSR count). The number of thiazole rings is 1. The minimum Gasteiger partial charge on any atom is -0.383 e. The van der Waals surface area contributed by atoms with E-state index in [2.05, 4.69) is 9.71 Å². The zero-order chi connectivity index (χ0) is 21.7. The molecule has 0 saturated heterocycles. The molecule has 0 spiro atoms. The minimum atomic E-state index is -3.62. The summed E-state index contributed by atoms with van der Waals surface area (Å²) in [7, 11) is -2.05. The quantitative estimate of drug-likeness (QED) is 0.541. The number of para-hydroxylation sites is 1. The number of rotatable bonds is 9. The third-order valence-electron chi connectivity index (χ3n) is 4.66. The van der Waals surface area contributed by atoms with Gasteiger partial charge in [-0.25, -0.2) is 18.1 Å². The number of benzene rings is 2. The summed E-state index contributed by atoms with van der Waals surface area (Å²) in [6, 6.07) is 13.5. The SMILES string of the molecule is CCC(C)NS(=O)(=O)c1ccc(C(=O)N(CCOC)c2nc3ccccc3s2)cc1. The largest absolute Gasteiger partial charge is 0.383 e. The number of methoxy groups -OCH3 is 1. The Kier molecular flexibility index (Phi) is 7.19. The average molecular weight is 448 g/mol.